The fourth-order valence-electron chi connectivity index (χ4n) is 1.98. The normalized spacial score (nSPS) is 11.3. The molecule has 114 valence electrons. The van der Waals surface area contributed by atoms with Crippen molar-refractivity contribution in [2.45, 2.75) is 26.4 Å². The van der Waals surface area contributed by atoms with Gasteiger partial charge in [-0.25, -0.2) is 4.39 Å². The van der Waals surface area contributed by atoms with Gasteiger partial charge in [-0.05, 0) is 45.2 Å². The van der Waals surface area contributed by atoms with E-state index in [-0.39, 0.29) is 5.82 Å². The molecule has 0 spiro atoms. The summed E-state index contributed by atoms with van der Waals surface area (Å²) in [6.45, 7) is 6.41. The van der Waals surface area contributed by atoms with Crippen LogP contribution in [0.15, 0.2) is 36.7 Å². The molecular weight excluding hydrogens is 269 g/mol. The highest BCUT2D eigenvalue weighted by Crippen LogP contribution is 2.11. The van der Waals surface area contributed by atoms with Gasteiger partial charge < -0.3 is 4.74 Å². The molecule has 1 heterocycles. The molecule has 2 aromatic rings. The van der Waals surface area contributed by atoms with E-state index in [0.717, 1.165) is 13.1 Å². The SMILES string of the molecule is CC(C)n1cc(CN(C)CCOc2ccc(F)cc2)cn1. The summed E-state index contributed by atoms with van der Waals surface area (Å²) in [7, 11) is 2.04. The van der Waals surface area contributed by atoms with Crippen LogP contribution in [0.1, 0.15) is 25.5 Å². The maximum atomic E-state index is 12.8. The number of halogens is 1. The van der Waals surface area contributed by atoms with Gasteiger partial charge >= 0.3 is 0 Å². The number of ether oxygens (including phenoxy) is 1. The Balaban J connectivity index is 1.74. The average Bonchev–Trinajstić information content (AvgIpc) is 2.90. The van der Waals surface area contributed by atoms with E-state index in [1.165, 1.54) is 17.7 Å². The minimum Gasteiger partial charge on any atom is -0.492 e. The molecule has 1 aromatic heterocycles. The van der Waals surface area contributed by atoms with Gasteiger partial charge in [0.2, 0.25) is 0 Å². The lowest BCUT2D eigenvalue weighted by atomic mass is 10.3. The Morgan fingerprint density at radius 3 is 2.62 bits per heavy atom. The van der Waals surface area contributed by atoms with E-state index in [1.807, 2.05) is 17.9 Å². The number of aromatic nitrogens is 2. The Morgan fingerprint density at radius 2 is 2.00 bits per heavy atom. The first-order valence-corrected chi connectivity index (χ1v) is 7.14. The second kappa shape index (κ2) is 7.22. The standard InChI is InChI=1S/C16H22FN3O/c1-13(2)20-12-14(10-18-20)11-19(3)8-9-21-16-6-4-15(17)5-7-16/h4-7,10,12-13H,8-9,11H2,1-3H3. The first kappa shape index (κ1) is 15.5. The van der Waals surface area contributed by atoms with Crippen molar-refractivity contribution in [2.75, 3.05) is 20.2 Å². The number of nitrogens with zero attached hydrogens (tertiary/aromatic N) is 3. The second-order valence-corrected chi connectivity index (χ2v) is 5.46. The molecule has 21 heavy (non-hydrogen) atoms. The van der Waals surface area contributed by atoms with Crippen molar-refractivity contribution in [1.82, 2.24) is 14.7 Å². The fraction of sp³-hybridized carbons (Fsp3) is 0.438. The van der Waals surface area contributed by atoms with Gasteiger partial charge in [0.1, 0.15) is 18.2 Å². The Labute approximate surface area is 125 Å². The lowest BCUT2D eigenvalue weighted by Crippen LogP contribution is -2.23. The maximum absolute atomic E-state index is 12.8. The molecule has 1 aromatic carbocycles. The molecule has 0 bridgehead atoms. The molecule has 0 radical (unpaired) electrons. The first-order chi connectivity index (χ1) is 10.0. The molecule has 0 N–H and O–H groups in total. The van der Waals surface area contributed by atoms with Crippen molar-refractivity contribution in [3.63, 3.8) is 0 Å². The lowest BCUT2D eigenvalue weighted by molar-refractivity contribution is 0.232. The first-order valence-electron chi connectivity index (χ1n) is 7.14. The quantitative estimate of drug-likeness (QED) is 0.785. The summed E-state index contributed by atoms with van der Waals surface area (Å²) in [4.78, 5) is 2.17. The largest absolute Gasteiger partial charge is 0.492 e. The molecule has 0 aliphatic carbocycles. The second-order valence-electron chi connectivity index (χ2n) is 5.46. The van der Waals surface area contributed by atoms with Crippen LogP contribution in [0.4, 0.5) is 4.39 Å². The zero-order valence-electron chi connectivity index (χ0n) is 12.8. The van der Waals surface area contributed by atoms with Crippen LogP contribution < -0.4 is 4.74 Å². The van der Waals surface area contributed by atoms with Crippen LogP contribution in [0, 0.1) is 5.82 Å². The van der Waals surface area contributed by atoms with Gasteiger partial charge in [0.05, 0.1) is 6.20 Å². The third kappa shape index (κ3) is 4.86. The Morgan fingerprint density at radius 1 is 1.29 bits per heavy atom. The molecule has 4 nitrogen and oxygen atoms in total. The number of hydrogen-bond acceptors (Lipinski definition) is 3. The molecular formula is C16H22FN3O. The van der Waals surface area contributed by atoms with Crippen molar-refractivity contribution < 1.29 is 9.13 Å². The summed E-state index contributed by atoms with van der Waals surface area (Å²) < 4.78 is 20.3. The van der Waals surface area contributed by atoms with E-state index in [9.17, 15) is 4.39 Å². The third-order valence-electron chi connectivity index (χ3n) is 3.19. The summed E-state index contributed by atoms with van der Waals surface area (Å²) in [5, 5.41) is 4.33. The lowest BCUT2D eigenvalue weighted by Gasteiger charge is -2.16. The van der Waals surface area contributed by atoms with E-state index >= 15 is 0 Å². The summed E-state index contributed by atoms with van der Waals surface area (Å²) >= 11 is 0. The topological polar surface area (TPSA) is 30.3 Å². The predicted molar refractivity (Wildman–Crippen MR) is 80.8 cm³/mol. The molecule has 2 rings (SSSR count). The summed E-state index contributed by atoms with van der Waals surface area (Å²) in [6, 6.07) is 6.47. The van der Waals surface area contributed by atoms with Crippen molar-refractivity contribution in [2.24, 2.45) is 0 Å². The van der Waals surface area contributed by atoms with Crippen molar-refractivity contribution in [3.05, 3.63) is 48.0 Å². The fourth-order valence-corrected chi connectivity index (χ4v) is 1.98. The van der Waals surface area contributed by atoms with Crippen LogP contribution in [0.3, 0.4) is 0 Å². The van der Waals surface area contributed by atoms with Crippen LogP contribution in [0.25, 0.3) is 0 Å². The van der Waals surface area contributed by atoms with Gasteiger partial charge in [-0.1, -0.05) is 0 Å². The maximum Gasteiger partial charge on any atom is 0.123 e. The molecule has 0 unspecified atom stereocenters. The van der Waals surface area contributed by atoms with Crippen LogP contribution in [0.5, 0.6) is 5.75 Å². The molecule has 0 atom stereocenters. The average molecular weight is 291 g/mol. The molecule has 5 heteroatoms. The van der Waals surface area contributed by atoms with Gasteiger partial charge in [0, 0.05) is 30.9 Å². The number of hydrogen-bond donors (Lipinski definition) is 0. The molecule has 0 saturated heterocycles. The number of benzene rings is 1. The van der Waals surface area contributed by atoms with E-state index in [2.05, 4.69) is 30.0 Å². The van der Waals surface area contributed by atoms with Crippen LogP contribution >= 0.6 is 0 Å². The third-order valence-corrected chi connectivity index (χ3v) is 3.19. The monoisotopic (exact) mass is 291 g/mol. The van der Waals surface area contributed by atoms with Crippen molar-refractivity contribution in [3.8, 4) is 5.75 Å². The molecule has 0 saturated carbocycles. The van der Waals surface area contributed by atoms with E-state index in [4.69, 9.17) is 4.74 Å². The minimum absolute atomic E-state index is 0.248. The van der Waals surface area contributed by atoms with Gasteiger partial charge in [-0.3, -0.25) is 9.58 Å². The van der Waals surface area contributed by atoms with Crippen LogP contribution in [-0.4, -0.2) is 34.9 Å². The Kier molecular flexibility index (Phi) is 5.33. The number of rotatable bonds is 7. The van der Waals surface area contributed by atoms with E-state index in [1.54, 1.807) is 12.1 Å². The molecule has 0 aliphatic heterocycles. The van der Waals surface area contributed by atoms with Gasteiger partial charge in [-0.2, -0.15) is 5.10 Å². The van der Waals surface area contributed by atoms with E-state index in [0.29, 0.717) is 18.4 Å². The zero-order chi connectivity index (χ0) is 15.2. The Hall–Kier alpha value is -1.88. The molecule has 0 amide bonds. The summed E-state index contributed by atoms with van der Waals surface area (Å²) in [5.74, 6) is 0.444. The Bertz CT molecular complexity index is 551. The minimum atomic E-state index is -0.248. The highest BCUT2D eigenvalue weighted by molar-refractivity contribution is 5.21. The van der Waals surface area contributed by atoms with E-state index < -0.39 is 0 Å². The summed E-state index contributed by atoms with van der Waals surface area (Å²) in [6.07, 6.45) is 3.97. The van der Waals surface area contributed by atoms with Gasteiger partial charge in [0.25, 0.3) is 0 Å². The van der Waals surface area contributed by atoms with Crippen molar-refractivity contribution >= 4 is 0 Å². The highest BCUT2D eigenvalue weighted by Gasteiger charge is 2.05. The molecule has 0 aliphatic rings. The smallest absolute Gasteiger partial charge is 0.123 e. The molecule has 0 fully saturated rings. The predicted octanol–water partition coefficient (Wildman–Crippen LogP) is 3.11. The van der Waals surface area contributed by atoms with Gasteiger partial charge in [0.15, 0.2) is 0 Å². The van der Waals surface area contributed by atoms with Crippen molar-refractivity contribution in [1.29, 1.82) is 0 Å². The van der Waals surface area contributed by atoms with Crippen LogP contribution in [0.2, 0.25) is 0 Å². The summed E-state index contributed by atoms with van der Waals surface area (Å²) in [5.41, 5.74) is 1.19. The highest BCUT2D eigenvalue weighted by atomic mass is 19.1. The van der Waals surface area contributed by atoms with Gasteiger partial charge in [-0.15, -0.1) is 0 Å². The number of likely N-dealkylation sites (N-methyl/N-ethyl adjacent to an activating group) is 1. The van der Waals surface area contributed by atoms with Crippen LogP contribution in [-0.2, 0) is 6.54 Å². The zero-order valence-corrected chi connectivity index (χ0v) is 12.8.